The zero-order valence-corrected chi connectivity index (χ0v) is 14.9. The topological polar surface area (TPSA) is 54.5 Å². The zero-order chi connectivity index (χ0) is 17.8. The number of likely N-dealkylation sites (tertiary alicyclic amines) is 1. The zero-order valence-electron chi connectivity index (χ0n) is 14.9. The van der Waals surface area contributed by atoms with E-state index >= 15 is 0 Å². The molecule has 5 heteroatoms. The smallest absolute Gasteiger partial charge is 0.321 e. The number of nitrogens with one attached hydrogen (secondary N) is 1. The molecule has 1 unspecified atom stereocenters. The minimum atomic E-state index is -0.0605. The van der Waals surface area contributed by atoms with Crippen molar-refractivity contribution in [2.45, 2.75) is 44.1 Å². The van der Waals surface area contributed by atoms with Crippen LogP contribution in [-0.2, 0) is 0 Å². The van der Waals surface area contributed by atoms with Crippen molar-refractivity contribution < 1.29 is 9.53 Å². The Kier molecular flexibility index (Phi) is 5.04. The van der Waals surface area contributed by atoms with Crippen LogP contribution in [0.15, 0.2) is 48.7 Å². The number of amides is 2. The number of nitrogens with zero attached hydrogens (tertiary/aromatic N) is 2. The maximum absolute atomic E-state index is 12.5. The molecule has 0 radical (unpaired) electrons. The summed E-state index contributed by atoms with van der Waals surface area (Å²) in [6.07, 6.45) is 7.66. The lowest BCUT2D eigenvalue weighted by molar-refractivity contribution is 0.201. The summed E-state index contributed by atoms with van der Waals surface area (Å²) in [5.74, 6) is 1.06. The van der Waals surface area contributed by atoms with Gasteiger partial charge in [0, 0.05) is 25.1 Å². The number of carbonyl (C=O) groups is 1. The van der Waals surface area contributed by atoms with Crippen LogP contribution in [0.5, 0.6) is 5.88 Å². The van der Waals surface area contributed by atoms with Gasteiger partial charge in [0.05, 0.1) is 11.9 Å². The fourth-order valence-corrected chi connectivity index (χ4v) is 3.85. The number of aromatic nitrogens is 1. The van der Waals surface area contributed by atoms with E-state index in [1.165, 1.54) is 18.4 Å². The van der Waals surface area contributed by atoms with Gasteiger partial charge in [0.15, 0.2) is 0 Å². The van der Waals surface area contributed by atoms with Gasteiger partial charge in [-0.3, -0.25) is 0 Å². The Morgan fingerprint density at radius 1 is 1.08 bits per heavy atom. The number of carbonyl (C=O) groups excluding carboxylic acids is 1. The average Bonchev–Trinajstić information content (AvgIpc) is 3.36. The van der Waals surface area contributed by atoms with Crippen molar-refractivity contribution in [3.05, 3.63) is 54.2 Å². The largest absolute Gasteiger partial charge is 0.474 e. The highest BCUT2D eigenvalue weighted by molar-refractivity contribution is 5.89. The molecule has 1 aromatic carbocycles. The summed E-state index contributed by atoms with van der Waals surface area (Å²) in [6, 6.07) is 14.0. The molecule has 1 atom stereocenters. The quantitative estimate of drug-likeness (QED) is 0.887. The molecule has 2 heterocycles. The number of hydrogen-bond acceptors (Lipinski definition) is 3. The summed E-state index contributed by atoms with van der Waals surface area (Å²) in [5.41, 5.74) is 2.01. The number of anilines is 1. The van der Waals surface area contributed by atoms with Gasteiger partial charge in [0.25, 0.3) is 0 Å². The summed E-state index contributed by atoms with van der Waals surface area (Å²) >= 11 is 0. The number of ether oxygens (including phenoxy) is 1. The molecule has 1 aliphatic carbocycles. The third-order valence-corrected chi connectivity index (χ3v) is 5.32. The van der Waals surface area contributed by atoms with Crippen LogP contribution in [0.25, 0.3) is 0 Å². The minimum Gasteiger partial charge on any atom is -0.474 e. The predicted molar refractivity (Wildman–Crippen MR) is 102 cm³/mol. The van der Waals surface area contributed by atoms with Gasteiger partial charge in [-0.25, -0.2) is 9.78 Å². The third kappa shape index (κ3) is 3.98. The molecule has 136 valence electrons. The average molecular weight is 351 g/mol. The fraction of sp³-hybridized carbons (Fsp3) is 0.429. The second kappa shape index (κ2) is 7.77. The van der Waals surface area contributed by atoms with E-state index in [1.54, 1.807) is 6.20 Å². The van der Waals surface area contributed by atoms with Crippen LogP contribution in [0.3, 0.4) is 0 Å². The van der Waals surface area contributed by atoms with Gasteiger partial charge in [-0.1, -0.05) is 30.3 Å². The molecule has 1 N–H and O–H groups in total. The first kappa shape index (κ1) is 16.9. The lowest BCUT2D eigenvalue weighted by atomic mass is 9.99. The van der Waals surface area contributed by atoms with Crippen LogP contribution < -0.4 is 10.1 Å². The number of urea groups is 1. The molecule has 2 amide bonds. The van der Waals surface area contributed by atoms with Crippen LogP contribution in [-0.4, -0.2) is 35.1 Å². The first-order chi connectivity index (χ1) is 12.8. The second-order valence-electron chi connectivity index (χ2n) is 7.18. The molecule has 1 saturated heterocycles. The van der Waals surface area contributed by atoms with E-state index in [2.05, 4.69) is 34.6 Å². The molecule has 1 aliphatic heterocycles. The summed E-state index contributed by atoms with van der Waals surface area (Å²) in [5, 5.41) is 2.95. The standard InChI is InChI=1S/C21H25N3O2/c25-21(24-13-12-17(15-24)16-6-2-1-3-7-16)23-18-10-11-20(22-14-18)26-19-8-4-5-9-19/h1-3,6-7,10-11,14,17,19H,4-5,8-9,12-13,15H2,(H,23,25). The summed E-state index contributed by atoms with van der Waals surface area (Å²) in [6.45, 7) is 1.54. The highest BCUT2D eigenvalue weighted by Gasteiger charge is 2.27. The molecule has 2 fully saturated rings. The van der Waals surface area contributed by atoms with Crippen molar-refractivity contribution in [3.8, 4) is 5.88 Å². The fourth-order valence-electron chi connectivity index (χ4n) is 3.85. The second-order valence-corrected chi connectivity index (χ2v) is 7.18. The van der Waals surface area contributed by atoms with Crippen LogP contribution in [0.2, 0.25) is 0 Å². The highest BCUT2D eigenvalue weighted by atomic mass is 16.5. The van der Waals surface area contributed by atoms with E-state index in [-0.39, 0.29) is 6.03 Å². The Hall–Kier alpha value is -2.56. The molecular formula is C21H25N3O2. The molecule has 0 spiro atoms. The van der Waals surface area contributed by atoms with Gasteiger partial charge in [0.2, 0.25) is 5.88 Å². The Balaban J connectivity index is 1.30. The molecule has 0 bridgehead atoms. The van der Waals surface area contributed by atoms with Crippen molar-refractivity contribution in [1.82, 2.24) is 9.88 Å². The van der Waals surface area contributed by atoms with E-state index in [0.29, 0.717) is 23.6 Å². The first-order valence-corrected chi connectivity index (χ1v) is 9.51. The molecular weight excluding hydrogens is 326 g/mol. The van der Waals surface area contributed by atoms with Gasteiger partial charge >= 0.3 is 6.03 Å². The normalized spacial score (nSPS) is 20.3. The Morgan fingerprint density at radius 3 is 2.62 bits per heavy atom. The molecule has 4 rings (SSSR count). The summed E-state index contributed by atoms with van der Waals surface area (Å²) in [4.78, 5) is 18.7. The van der Waals surface area contributed by atoms with Crippen molar-refractivity contribution in [2.24, 2.45) is 0 Å². The highest BCUT2D eigenvalue weighted by Crippen LogP contribution is 2.27. The van der Waals surface area contributed by atoms with Gasteiger partial charge in [-0.2, -0.15) is 0 Å². The van der Waals surface area contributed by atoms with E-state index in [4.69, 9.17) is 4.74 Å². The number of hydrogen-bond donors (Lipinski definition) is 1. The van der Waals surface area contributed by atoms with Gasteiger partial charge in [-0.05, 0) is 43.7 Å². The lowest BCUT2D eigenvalue weighted by Crippen LogP contribution is -2.32. The summed E-state index contributed by atoms with van der Waals surface area (Å²) < 4.78 is 5.86. The van der Waals surface area contributed by atoms with Crippen molar-refractivity contribution in [1.29, 1.82) is 0 Å². The first-order valence-electron chi connectivity index (χ1n) is 9.51. The maximum atomic E-state index is 12.5. The SMILES string of the molecule is O=C(Nc1ccc(OC2CCCC2)nc1)N1CCC(c2ccccc2)C1. The van der Waals surface area contributed by atoms with Crippen molar-refractivity contribution in [3.63, 3.8) is 0 Å². The van der Waals surface area contributed by atoms with Crippen LogP contribution in [0.4, 0.5) is 10.5 Å². The molecule has 26 heavy (non-hydrogen) atoms. The maximum Gasteiger partial charge on any atom is 0.321 e. The van der Waals surface area contributed by atoms with Crippen LogP contribution >= 0.6 is 0 Å². The summed E-state index contributed by atoms with van der Waals surface area (Å²) in [7, 11) is 0. The molecule has 5 nitrogen and oxygen atoms in total. The predicted octanol–water partition coefficient (Wildman–Crippen LogP) is 4.42. The minimum absolute atomic E-state index is 0.0605. The van der Waals surface area contributed by atoms with Crippen molar-refractivity contribution >= 4 is 11.7 Å². The number of benzene rings is 1. The third-order valence-electron chi connectivity index (χ3n) is 5.32. The Morgan fingerprint density at radius 2 is 1.88 bits per heavy atom. The van der Waals surface area contributed by atoms with Gasteiger partial charge in [-0.15, -0.1) is 0 Å². The monoisotopic (exact) mass is 351 g/mol. The van der Waals surface area contributed by atoms with Crippen LogP contribution in [0, 0.1) is 0 Å². The van der Waals surface area contributed by atoms with Gasteiger partial charge < -0.3 is 15.0 Å². The Bertz CT molecular complexity index is 727. The number of rotatable bonds is 4. The van der Waals surface area contributed by atoms with Crippen molar-refractivity contribution in [2.75, 3.05) is 18.4 Å². The molecule has 2 aliphatic rings. The number of pyridine rings is 1. The molecule has 1 saturated carbocycles. The van der Waals surface area contributed by atoms with E-state index in [9.17, 15) is 4.79 Å². The Labute approximate surface area is 154 Å². The van der Waals surface area contributed by atoms with Gasteiger partial charge in [0.1, 0.15) is 6.10 Å². The van der Waals surface area contributed by atoms with E-state index < -0.39 is 0 Å². The molecule has 2 aromatic rings. The van der Waals surface area contributed by atoms with E-state index in [0.717, 1.165) is 32.4 Å². The lowest BCUT2D eigenvalue weighted by Gasteiger charge is -2.18. The van der Waals surface area contributed by atoms with E-state index in [1.807, 2.05) is 23.1 Å². The molecule has 1 aromatic heterocycles. The van der Waals surface area contributed by atoms with Crippen LogP contribution in [0.1, 0.15) is 43.6 Å².